The Morgan fingerprint density at radius 1 is 1.33 bits per heavy atom. The third kappa shape index (κ3) is 3.90. The van der Waals surface area contributed by atoms with Gasteiger partial charge in [0, 0.05) is 19.6 Å². The van der Waals surface area contributed by atoms with Gasteiger partial charge in [0.05, 0.1) is 18.1 Å². The Morgan fingerprint density at radius 2 is 2.11 bits per heavy atom. The van der Waals surface area contributed by atoms with E-state index in [-0.39, 0.29) is 0 Å². The van der Waals surface area contributed by atoms with E-state index >= 15 is 0 Å². The molecule has 1 fully saturated rings. The lowest BCUT2D eigenvalue weighted by atomic mass is 10.4. The van der Waals surface area contributed by atoms with Crippen LogP contribution in [0, 0.1) is 0 Å². The van der Waals surface area contributed by atoms with E-state index in [4.69, 9.17) is 5.84 Å². The number of hydrogen-bond acceptors (Lipinski definition) is 6. The summed E-state index contributed by atoms with van der Waals surface area (Å²) in [6.45, 7) is 5.55. The highest BCUT2D eigenvalue weighted by Gasteiger charge is 2.11. The standard InChI is InChI=1S/C12H22N6/c1-17(6-7-18-4-2-3-5-18)10-11-8-15-12(16-13)9-14-11/h8-9H,2-7,10,13H2,1H3,(H,15,16). The van der Waals surface area contributed by atoms with Gasteiger partial charge in [-0.05, 0) is 33.0 Å². The van der Waals surface area contributed by atoms with Gasteiger partial charge in [-0.15, -0.1) is 0 Å². The minimum atomic E-state index is 0.596. The van der Waals surface area contributed by atoms with Crippen LogP contribution in [0.5, 0.6) is 0 Å². The number of nitrogens with zero attached hydrogens (tertiary/aromatic N) is 4. The molecule has 0 atom stereocenters. The summed E-state index contributed by atoms with van der Waals surface area (Å²) in [6.07, 6.45) is 6.12. The van der Waals surface area contributed by atoms with Crippen molar-refractivity contribution in [2.75, 3.05) is 38.7 Å². The quantitative estimate of drug-likeness (QED) is 0.558. The number of hydrogen-bond donors (Lipinski definition) is 2. The predicted octanol–water partition coefficient (Wildman–Crippen LogP) is 0.290. The second kappa shape index (κ2) is 6.63. The minimum absolute atomic E-state index is 0.596. The summed E-state index contributed by atoms with van der Waals surface area (Å²) in [4.78, 5) is 13.3. The Labute approximate surface area is 108 Å². The lowest BCUT2D eigenvalue weighted by molar-refractivity contribution is 0.250. The molecule has 0 unspecified atom stereocenters. The van der Waals surface area contributed by atoms with Crippen LogP contribution in [-0.2, 0) is 6.54 Å². The fourth-order valence-corrected chi connectivity index (χ4v) is 2.18. The first-order valence-corrected chi connectivity index (χ1v) is 6.46. The van der Waals surface area contributed by atoms with E-state index < -0.39 is 0 Å². The van der Waals surface area contributed by atoms with Crippen molar-refractivity contribution in [1.29, 1.82) is 0 Å². The molecule has 0 spiro atoms. The summed E-state index contributed by atoms with van der Waals surface area (Å²) in [5, 5.41) is 0. The molecule has 6 heteroatoms. The molecule has 0 amide bonds. The van der Waals surface area contributed by atoms with Crippen molar-refractivity contribution < 1.29 is 0 Å². The van der Waals surface area contributed by atoms with Gasteiger partial charge < -0.3 is 10.3 Å². The minimum Gasteiger partial charge on any atom is -0.307 e. The lowest BCUT2D eigenvalue weighted by Crippen LogP contribution is -2.31. The maximum atomic E-state index is 5.25. The molecule has 1 saturated heterocycles. The molecule has 100 valence electrons. The maximum absolute atomic E-state index is 5.25. The fourth-order valence-electron chi connectivity index (χ4n) is 2.18. The van der Waals surface area contributed by atoms with Gasteiger partial charge in [0.2, 0.25) is 0 Å². The molecule has 0 saturated carbocycles. The van der Waals surface area contributed by atoms with E-state index in [0.717, 1.165) is 25.3 Å². The Hall–Kier alpha value is -1.24. The van der Waals surface area contributed by atoms with Crippen molar-refractivity contribution in [1.82, 2.24) is 19.8 Å². The molecule has 2 heterocycles. The fraction of sp³-hybridized carbons (Fsp3) is 0.667. The van der Waals surface area contributed by atoms with Crippen LogP contribution in [0.2, 0.25) is 0 Å². The highest BCUT2D eigenvalue weighted by atomic mass is 15.3. The van der Waals surface area contributed by atoms with Gasteiger partial charge in [0.15, 0.2) is 5.82 Å². The summed E-state index contributed by atoms with van der Waals surface area (Å²) < 4.78 is 0. The first-order valence-electron chi connectivity index (χ1n) is 6.46. The van der Waals surface area contributed by atoms with E-state index in [2.05, 4.69) is 32.2 Å². The average molecular weight is 250 g/mol. The summed E-state index contributed by atoms with van der Waals surface area (Å²) in [7, 11) is 2.12. The predicted molar refractivity (Wildman–Crippen MR) is 71.9 cm³/mol. The molecule has 1 aliphatic rings. The number of hydrazine groups is 1. The molecule has 2 rings (SSSR count). The number of rotatable bonds is 6. The van der Waals surface area contributed by atoms with Crippen LogP contribution in [-0.4, -0.2) is 53.0 Å². The van der Waals surface area contributed by atoms with Crippen molar-refractivity contribution in [3.8, 4) is 0 Å². The molecule has 0 bridgehead atoms. The highest BCUT2D eigenvalue weighted by molar-refractivity contribution is 5.28. The summed E-state index contributed by atoms with van der Waals surface area (Å²) in [5.41, 5.74) is 3.45. The van der Waals surface area contributed by atoms with Crippen molar-refractivity contribution >= 4 is 5.82 Å². The third-order valence-corrected chi connectivity index (χ3v) is 3.28. The summed E-state index contributed by atoms with van der Waals surface area (Å²) in [5.74, 6) is 5.85. The molecule has 0 radical (unpaired) electrons. The molecule has 1 aromatic rings. The molecule has 0 aliphatic carbocycles. The molecule has 0 aromatic carbocycles. The summed E-state index contributed by atoms with van der Waals surface area (Å²) in [6, 6.07) is 0. The molecule has 1 aromatic heterocycles. The van der Waals surface area contributed by atoms with Gasteiger partial charge in [0.25, 0.3) is 0 Å². The lowest BCUT2D eigenvalue weighted by Gasteiger charge is -2.20. The zero-order valence-corrected chi connectivity index (χ0v) is 11.0. The van der Waals surface area contributed by atoms with Gasteiger partial charge in [-0.3, -0.25) is 9.88 Å². The number of likely N-dealkylation sites (tertiary alicyclic amines) is 1. The zero-order chi connectivity index (χ0) is 12.8. The van der Waals surface area contributed by atoms with Crippen molar-refractivity contribution in [3.63, 3.8) is 0 Å². The molecule has 18 heavy (non-hydrogen) atoms. The topological polar surface area (TPSA) is 70.3 Å². The Morgan fingerprint density at radius 3 is 2.72 bits per heavy atom. The Kier molecular flexibility index (Phi) is 4.86. The van der Waals surface area contributed by atoms with Crippen LogP contribution in [0.25, 0.3) is 0 Å². The monoisotopic (exact) mass is 250 g/mol. The van der Waals surface area contributed by atoms with Crippen LogP contribution in [0.3, 0.4) is 0 Å². The van der Waals surface area contributed by atoms with Gasteiger partial charge in [0.1, 0.15) is 0 Å². The first-order chi connectivity index (χ1) is 8.78. The SMILES string of the molecule is CN(CCN1CCCC1)Cc1cnc(NN)cn1. The second-order valence-corrected chi connectivity index (χ2v) is 4.82. The van der Waals surface area contributed by atoms with E-state index in [9.17, 15) is 0 Å². The smallest absolute Gasteiger partial charge is 0.158 e. The van der Waals surface area contributed by atoms with Crippen LogP contribution >= 0.6 is 0 Å². The number of anilines is 1. The Bertz CT molecular complexity index is 346. The van der Waals surface area contributed by atoms with Crippen molar-refractivity contribution in [2.45, 2.75) is 19.4 Å². The average Bonchev–Trinajstić information content (AvgIpc) is 2.90. The van der Waals surface area contributed by atoms with Gasteiger partial charge in [-0.2, -0.15) is 0 Å². The maximum Gasteiger partial charge on any atom is 0.158 e. The van der Waals surface area contributed by atoms with Gasteiger partial charge in [-0.25, -0.2) is 10.8 Å². The van der Waals surface area contributed by atoms with Crippen molar-refractivity contribution in [2.24, 2.45) is 5.84 Å². The molecule has 3 N–H and O–H groups in total. The zero-order valence-electron chi connectivity index (χ0n) is 11.0. The number of nitrogens with one attached hydrogen (secondary N) is 1. The number of nitrogens with two attached hydrogens (primary N) is 1. The third-order valence-electron chi connectivity index (χ3n) is 3.28. The molecular formula is C12H22N6. The molecule has 1 aliphatic heterocycles. The molecule has 6 nitrogen and oxygen atoms in total. The van der Waals surface area contributed by atoms with Crippen LogP contribution in [0.1, 0.15) is 18.5 Å². The van der Waals surface area contributed by atoms with Crippen LogP contribution in [0.15, 0.2) is 12.4 Å². The first kappa shape index (κ1) is 13.2. The van der Waals surface area contributed by atoms with E-state index in [1.807, 2.05) is 0 Å². The van der Waals surface area contributed by atoms with E-state index in [1.54, 1.807) is 12.4 Å². The second-order valence-electron chi connectivity index (χ2n) is 4.82. The largest absolute Gasteiger partial charge is 0.307 e. The number of likely N-dealkylation sites (N-methyl/N-ethyl adjacent to an activating group) is 1. The van der Waals surface area contributed by atoms with E-state index in [1.165, 1.54) is 25.9 Å². The number of aromatic nitrogens is 2. The van der Waals surface area contributed by atoms with Crippen LogP contribution in [0.4, 0.5) is 5.82 Å². The van der Waals surface area contributed by atoms with Gasteiger partial charge >= 0.3 is 0 Å². The summed E-state index contributed by atoms with van der Waals surface area (Å²) >= 11 is 0. The highest BCUT2D eigenvalue weighted by Crippen LogP contribution is 2.07. The number of nitrogen functional groups attached to an aromatic ring is 1. The van der Waals surface area contributed by atoms with E-state index in [0.29, 0.717) is 5.82 Å². The normalized spacial score (nSPS) is 16.4. The van der Waals surface area contributed by atoms with Crippen molar-refractivity contribution in [3.05, 3.63) is 18.1 Å². The molecular weight excluding hydrogens is 228 g/mol. The van der Waals surface area contributed by atoms with Gasteiger partial charge in [-0.1, -0.05) is 0 Å². The Balaban J connectivity index is 1.73. The van der Waals surface area contributed by atoms with Crippen LogP contribution < -0.4 is 11.3 Å².